The monoisotopic (exact) mass is 319 g/mol. The van der Waals surface area contributed by atoms with Crippen LogP contribution < -0.4 is 10.6 Å². The maximum Gasteiger partial charge on any atom is 0.257 e. The van der Waals surface area contributed by atoms with E-state index >= 15 is 0 Å². The Kier molecular flexibility index (Phi) is 4.16. The van der Waals surface area contributed by atoms with E-state index in [1.165, 1.54) is 0 Å². The van der Waals surface area contributed by atoms with Crippen molar-refractivity contribution in [2.75, 3.05) is 17.7 Å². The molecule has 0 bridgehead atoms. The average molecular weight is 320 g/mol. The van der Waals surface area contributed by atoms with Crippen LogP contribution in [0.5, 0.6) is 0 Å². The number of halogens is 1. The van der Waals surface area contributed by atoms with E-state index in [1.54, 1.807) is 19.2 Å². The van der Waals surface area contributed by atoms with Crippen LogP contribution in [0, 0.1) is 6.92 Å². The molecule has 2 rings (SSSR count). The number of nitrogens with zero attached hydrogens (tertiary/aromatic N) is 1. The number of hydrogen-bond donors (Lipinski definition) is 2. The van der Waals surface area contributed by atoms with Gasteiger partial charge in [-0.3, -0.25) is 4.79 Å². The van der Waals surface area contributed by atoms with Crippen LogP contribution in [0.2, 0.25) is 0 Å². The molecule has 1 aromatic heterocycles. The first-order valence-corrected chi connectivity index (χ1v) is 6.62. The Labute approximate surface area is 120 Å². The van der Waals surface area contributed by atoms with Gasteiger partial charge in [-0.25, -0.2) is 4.98 Å². The third-order valence-corrected chi connectivity index (χ3v) is 3.18. The number of aromatic nitrogens is 1. The van der Waals surface area contributed by atoms with Crippen LogP contribution in [-0.2, 0) is 0 Å². The normalized spacial score (nSPS) is 10.1. The molecule has 5 heteroatoms. The number of rotatable bonds is 3. The minimum Gasteiger partial charge on any atom is -0.387 e. The van der Waals surface area contributed by atoms with Gasteiger partial charge in [-0.15, -0.1) is 0 Å². The summed E-state index contributed by atoms with van der Waals surface area (Å²) in [6.07, 6.45) is 0. The van der Waals surface area contributed by atoms with Gasteiger partial charge in [0.05, 0.1) is 16.9 Å². The quantitative estimate of drug-likeness (QED) is 0.852. The van der Waals surface area contributed by atoms with Gasteiger partial charge in [0.25, 0.3) is 5.91 Å². The van der Waals surface area contributed by atoms with E-state index in [0.29, 0.717) is 11.3 Å². The molecule has 0 saturated carbocycles. The first-order valence-electron chi connectivity index (χ1n) is 5.83. The fraction of sp³-hybridized carbons (Fsp3) is 0.143. The standard InChI is InChI=1S/C14H14BrN3O/c1-9-11(7-8-13(15)17-9)18-14(19)10-5-3-4-6-12(10)16-2/h3-8,16H,1-2H3,(H,18,19). The summed E-state index contributed by atoms with van der Waals surface area (Å²) < 4.78 is 0.749. The second kappa shape index (κ2) is 5.84. The highest BCUT2D eigenvalue weighted by molar-refractivity contribution is 9.10. The van der Waals surface area contributed by atoms with Gasteiger partial charge < -0.3 is 10.6 Å². The smallest absolute Gasteiger partial charge is 0.257 e. The van der Waals surface area contributed by atoms with Gasteiger partial charge in [-0.1, -0.05) is 12.1 Å². The second-order valence-corrected chi connectivity index (χ2v) is 4.83. The van der Waals surface area contributed by atoms with Crippen LogP contribution in [0.4, 0.5) is 11.4 Å². The van der Waals surface area contributed by atoms with Crippen molar-refractivity contribution in [2.24, 2.45) is 0 Å². The van der Waals surface area contributed by atoms with Crippen LogP contribution in [0.3, 0.4) is 0 Å². The summed E-state index contributed by atoms with van der Waals surface area (Å²) in [4.78, 5) is 16.5. The molecule has 0 unspecified atom stereocenters. The molecular formula is C14H14BrN3O. The Hall–Kier alpha value is -1.88. The lowest BCUT2D eigenvalue weighted by Crippen LogP contribution is -2.15. The second-order valence-electron chi connectivity index (χ2n) is 4.02. The number of pyridine rings is 1. The Morgan fingerprint density at radius 2 is 1.89 bits per heavy atom. The van der Waals surface area contributed by atoms with Crippen molar-refractivity contribution in [3.63, 3.8) is 0 Å². The summed E-state index contributed by atoms with van der Waals surface area (Å²) in [6, 6.07) is 11.0. The van der Waals surface area contributed by atoms with Crippen LogP contribution in [0.15, 0.2) is 41.0 Å². The number of amides is 1. The van der Waals surface area contributed by atoms with Crippen molar-refractivity contribution >= 4 is 33.2 Å². The van der Waals surface area contributed by atoms with Crippen LogP contribution in [0.25, 0.3) is 0 Å². The lowest BCUT2D eigenvalue weighted by atomic mass is 10.1. The van der Waals surface area contributed by atoms with Crippen molar-refractivity contribution in [1.29, 1.82) is 0 Å². The van der Waals surface area contributed by atoms with Gasteiger partial charge in [0, 0.05) is 12.7 Å². The van der Waals surface area contributed by atoms with Crippen LogP contribution in [0.1, 0.15) is 16.1 Å². The Morgan fingerprint density at radius 1 is 1.16 bits per heavy atom. The largest absolute Gasteiger partial charge is 0.387 e. The summed E-state index contributed by atoms with van der Waals surface area (Å²) in [5, 5.41) is 5.87. The van der Waals surface area contributed by atoms with E-state index in [-0.39, 0.29) is 5.91 Å². The number of benzene rings is 1. The molecule has 2 aromatic rings. The van der Waals surface area contributed by atoms with Crippen molar-refractivity contribution in [2.45, 2.75) is 6.92 Å². The SMILES string of the molecule is CNc1ccccc1C(=O)Nc1ccc(Br)nc1C. The lowest BCUT2D eigenvalue weighted by molar-refractivity contribution is 0.102. The molecule has 2 N–H and O–H groups in total. The Bertz CT molecular complexity index is 613. The fourth-order valence-corrected chi connectivity index (χ4v) is 2.15. The van der Waals surface area contributed by atoms with Crippen LogP contribution >= 0.6 is 15.9 Å². The summed E-state index contributed by atoms with van der Waals surface area (Å²) in [7, 11) is 1.79. The molecule has 98 valence electrons. The van der Waals surface area contributed by atoms with Gasteiger partial charge in [-0.05, 0) is 47.1 Å². The van der Waals surface area contributed by atoms with Gasteiger partial charge >= 0.3 is 0 Å². The molecule has 0 atom stereocenters. The van der Waals surface area contributed by atoms with Crippen molar-refractivity contribution < 1.29 is 4.79 Å². The average Bonchev–Trinajstić information content (AvgIpc) is 2.41. The highest BCUT2D eigenvalue weighted by Gasteiger charge is 2.11. The number of hydrogen-bond acceptors (Lipinski definition) is 3. The van der Waals surface area contributed by atoms with E-state index in [9.17, 15) is 4.79 Å². The minimum atomic E-state index is -0.155. The summed E-state index contributed by atoms with van der Waals surface area (Å²) in [5.74, 6) is -0.155. The predicted molar refractivity (Wildman–Crippen MR) is 80.6 cm³/mol. The van der Waals surface area contributed by atoms with Crippen LogP contribution in [-0.4, -0.2) is 17.9 Å². The summed E-state index contributed by atoms with van der Waals surface area (Å²) in [6.45, 7) is 1.85. The lowest BCUT2D eigenvalue weighted by Gasteiger charge is -2.11. The zero-order valence-corrected chi connectivity index (χ0v) is 12.3. The molecule has 0 saturated heterocycles. The van der Waals surface area contributed by atoms with E-state index in [0.717, 1.165) is 16.0 Å². The molecule has 0 fully saturated rings. The molecule has 19 heavy (non-hydrogen) atoms. The van der Waals surface area contributed by atoms with Gasteiger partial charge in [0.2, 0.25) is 0 Å². The van der Waals surface area contributed by atoms with Crippen molar-refractivity contribution in [1.82, 2.24) is 4.98 Å². The number of aryl methyl sites for hydroxylation is 1. The zero-order chi connectivity index (χ0) is 13.8. The maximum atomic E-state index is 12.2. The predicted octanol–water partition coefficient (Wildman–Crippen LogP) is 3.45. The molecule has 1 aromatic carbocycles. The first-order chi connectivity index (χ1) is 9.11. The van der Waals surface area contributed by atoms with Gasteiger partial charge in [0.15, 0.2) is 0 Å². The van der Waals surface area contributed by atoms with Crippen molar-refractivity contribution in [3.8, 4) is 0 Å². The number of anilines is 2. The summed E-state index contributed by atoms with van der Waals surface area (Å²) >= 11 is 3.30. The number of carbonyl (C=O) groups is 1. The molecule has 0 aliphatic rings. The number of nitrogens with one attached hydrogen (secondary N) is 2. The highest BCUT2D eigenvalue weighted by Crippen LogP contribution is 2.19. The molecule has 0 radical (unpaired) electrons. The molecule has 0 aliphatic heterocycles. The first kappa shape index (κ1) is 13.5. The Balaban J connectivity index is 2.26. The third kappa shape index (κ3) is 3.12. The fourth-order valence-electron chi connectivity index (χ4n) is 1.75. The van der Waals surface area contributed by atoms with E-state index in [2.05, 4.69) is 31.5 Å². The zero-order valence-electron chi connectivity index (χ0n) is 10.7. The maximum absolute atomic E-state index is 12.2. The molecule has 0 spiro atoms. The summed E-state index contributed by atoms with van der Waals surface area (Å²) in [5.41, 5.74) is 2.87. The number of para-hydroxylation sites is 1. The highest BCUT2D eigenvalue weighted by atomic mass is 79.9. The number of carbonyl (C=O) groups excluding carboxylic acids is 1. The molecule has 0 aliphatic carbocycles. The van der Waals surface area contributed by atoms with E-state index in [1.807, 2.05) is 31.2 Å². The van der Waals surface area contributed by atoms with E-state index < -0.39 is 0 Å². The third-order valence-electron chi connectivity index (χ3n) is 2.74. The van der Waals surface area contributed by atoms with Crippen molar-refractivity contribution in [3.05, 3.63) is 52.3 Å². The minimum absolute atomic E-state index is 0.155. The topological polar surface area (TPSA) is 54.0 Å². The molecule has 1 heterocycles. The Morgan fingerprint density at radius 3 is 2.58 bits per heavy atom. The van der Waals surface area contributed by atoms with Gasteiger partial charge in [-0.2, -0.15) is 0 Å². The molecule has 1 amide bonds. The molecule has 4 nitrogen and oxygen atoms in total. The van der Waals surface area contributed by atoms with E-state index in [4.69, 9.17) is 0 Å². The van der Waals surface area contributed by atoms with Gasteiger partial charge in [0.1, 0.15) is 4.60 Å². The molecular weight excluding hydrogens is 306 g/mol.